The van der Waals surface area contributed by atoms with Gasteiger partial charge in [0.15, 0.2) is 17.2 Å². The fraction of sp³-hybridized carbons (Fsp3) is 0.250. The molecular weight excluding hydrogens is 480 g/mol. The third kappa shape index (κ3) is 7.42. The second kappa shape index (κ2) is 14.5. The maximum atomic E-state index is 9.76. The van der Waals surface area contributed by atoms with Crippen molar-refractivity contribution in [3.63, 3.8) is 0 Å². The highest BCUT2D eigenvalue weighted by Gasteiger charge is 2.13. The second-order valence-corrected chi connectivity index (χ2v) is 8.37. The van der Waals surface area contributed by atoms with Crippen molar-refractivity contribution in [2.45, 2.75) is 33.5 Å². The molecule has 0 radical (unpaired) electrons. The van der Waals surface area contributed by atoms with Crippen molar-refractivity contribution >= 4 is 24.3 Å². The van der Waals surface area contributed by atoms with E-state index in [1.807, 2.05) is 79.8 Å². The zero-order valence-corrected chi connectivity index (χ0v) is 22.3. The van der Waals surface area contributed by atoms with E-state index in [0.717, 1.165) is 28.7 Å². The SMILES string of the molecule is CC#COc1c(CO)cc(C=Cc2ccc(C=Cc3cc(OC)c(OCCC)c(OC)c3)cc2)cc1CO. The Morgan fingerprint density at radius 2 is 1.18 bits per heavy atom. The topological polar surface area (TPSA) is 77.4 Å². The Morgan fingerprint density at radius 3 is 1.61 bits per heavy atom. The first kappa shape index (κ1) is 28.4. The fourth-order valence-electron chi connectivity index (χ4n) is 3.79. The Kier molecular flexibility index (Phi) is 10.9. The number of methoxy groups -OCH3 is 2. The Balaban J connectivity index is 1.77. The molecule has 38 heavy (non-hydrogen) atoms. The van der Waals surface area contributed by atoms with Gasteiger partial charge in [0.2, 0.25) is 5.75 Å². The summed E-state index contributed by atoms with van der Waals surface area (Å²) < 4.78 is 22.3. The molecule has 3 rings (SSSR count). The highest BCUT2D eigenvalue weighted by atomic mass is 16.5. The normalized spacial score (nSPS) is 10.9. The summed E-state index contributed by atoms with van der Waals surface area (Å²) in [5.74, 6) is 4.92. The summed E-state index contributed by atoms with van der Waals surface area (Å²) in [5.41, 5.74) is 4.96. The zero-order valence-electron chi connectivity index (χ0n) is 22.3. The molecular formula is C32H34O6. The molecule has 0 unspecified atom stereocenters. The molecule has 3 aromatic rings. The first-order chi connectivity index (χ1) is 18.6. The van der Waals surface area contributed by atoms with Gasteiger partial charge in [-0.2, -0.15) is 0 Å². The molecule has 0 aliphatic carbocycles. The Bertz CT molecular complexity index is 1280. The van der Waals surface area contributed by atoms with Crippen LogP contribution in [0.4, 0.5) is 0 Å². The van der Waals surface area contributed by atoms with E-state index in [-0.39, 0.29) is 13.2 Å². The minimum Gasteiger partial charge on any atom is -0.493 e. The summed E-state index contributed by atoms with van der Waals surface area (Å²) in [5, 5.41) is 19.5. The van der Waals surface area contributed by atoms with Crippen LogP contribution >= 0.6 is 0 Å². The van der Waals surface area contributed by atoms with Gasteiger partial charge in [-0.25, -0.2) is 0 Å². The van der Waals surface area contributed by atoms with Gasteiger partial charge in [-0.3, -0.25) is 0 Å². The molecule has 3 aromatic carbocycles. The van der Waals surface area contributed by atoms with Crippen LogP contribution < -0.4 is 18.9 Å². The minimum absolute atomic E-state index is 0.220. The van der Waals surface area contributed by atoms with Crippen molar-refractivity contribution in [2.75, 3.05) is 20.8 Å². The van der Waals surface area contributed by atoms with Gasteiger partial charge < -0.3 is 29.2 Å². The first-order valence-corrected chi connectivity index (χ1v) is 12.4. The van der Waals surface area contributed by atoms with Gasteiger partial charge in [-0.15, -0.1) is 0 Å². The van der Waals surface area contributed by atoms with E-state index in [0.29, 0.717) is 40.7 Å². The van der Waals surface area contributed by atoms with Gasteiger partial charge >= 0.3 is 0 Å². The van der Waals surface area contributed by atoms with Gasteiger partial charge in [-0.1, -0.05) is 61.4 Å². The van der Waals surface area contributed by atoms with Crippen LogP contribution in [0.3, 0.4) is 0 Å². The van der Waals surface area contributed by atoms with Gasteiger partial charge in [0.25, 0.3) is 0 Å². The van der Waals surface area contributed by atoms with E-state index in [9.17, 15) is 10.2 Å². The number of ether oxygens (including phenoxy) is 4. The van der Waals surface area contributed by atoms with Crippen molar-refractivity contribution in [3.8, 4) is 35.0 Å². The van der Waals surface area contributed by atoms with Crippen LogP contribution in [0.2, 0.25) is 0 Å². The average molecular weight is 515 g/mol. The lowest BCUT2D eigenvalue weighted by Crippen LogP contribution is -2.00. The van der Waals surface area contributed by atoms with Crippen LogP contribution in [-0.2, 0) is 13.2 Å². The molecule has 6 heteroatoms. The molecule has 0 aliphatic rings. The lowest BCUT2D eigenvalue weighted by atomic mass is 10.0. The lowest BCUT2D eigenvalue weighted by molar-refractivity contribution is 0.266. The Hall–Kier alpha value is -4.18. The van der Waals surface area contributed by atoms with Crippen LogP contribution in [0.1, 0.15) is 53.6 Å². The molecule has 0 spiro atoms. The van der Waals surface area contributed by atoms with E-state index in [2.05, 4.69) is 12.0 Å². The predicted octanol–water partition coefficient (Wildman–Crippen LogP) is 6.18. The van der Waals surface area contributed by atoms with E-state index in [1.165, 1.54) is 0 Å². The van der Waals surface area contributed by atoms with Crippen molar-refractivity contribution in [2.24, 2.45) is 0 Å². The molecule has 0 saturated heterocycles. The third-order valence-electron chi connectivity index (χ3n) is 5.67. The largest absolute Gasteiger partial charge is 0.493 e. The highest BCUT2D eigenvalue weighted by Crippen LogP contribution is 2.39. The van der Waals surface area contributed by atoms with E-state index in [1.54, 1.807) is 21.1 Å². The monoisotopic (exact) mass is 514 g/mol. The second-order valence-electron chi connectivity index (χ2n) is 8.37. The predicted molar refractivity (Wildman–Crippen MR) is 152 cm³/mol. The average Bonchev–Trinajstić information content (AvgIpc) is 2.96. The number of aliphatic hydroxyl groups excluding tert-OH is 2. The van der Waals surface area contributed by atoms with Gasteiger partial charge in [0.05, 0.1) is 34.0 Å². The van der Waals surface area contributed by atoms with Gasteiger partial charge in [-0.05, 0) is 52.9 Å². The number of hydrogen-bond acceptors (Lipinski definition) is 6. The van der Waals surface area contributed by atoms with Crippen molar-refractivity contribution in [3.05, 3.63) is 81.9 Å². The van der Waals surface area contributed by atoms with Crippen LogP contribution in [0.5, 0.6) is 23.0 Å². The van der Waals surface area contributed by atoms with Crippen LogP contribution in [0.15, 0.2) is 48.5 Å². The van der Waals surface area contributed by atoms with E-state index >= 15 is 0 Å². The fourth-order valence-corrected chi connectivity index (χ4v) is 3.79. The Labute approximate surface area is 224 Å². The van der Waals surface area contributed by atoms with E-state index in [4.69, 9.17) is 18.9 Å². The van der Waals surface area contributed by atoms with Crippen LogP contribution in [0.25, 0.3) is 24.3 Å². The van der Waals surface area contributed by atoms with Crippen molar-refractivity contribution < 1.29 is 29.2 Å². The standard InChI is InChI=1S/C32H34O6/c1-5-15-37-31-27(21-33)17-25(18-28(31)22-34)13-11-23-7-9-24(10-8-23)12-14-26-19-29(35-3)32(38-16-6-2)30(20-26)36-4/h7-14,17-20,33-34H,6,16,21-22H2,1-4H3. The smallest absolute Gasteiger partial charge is 0.203 e. The summed E-state index contributed by atoms with van der Waals surface area (Å²) in [7, 11) is 3.23. The summed E-state index contributed by atoms with van der Waals surface area (Å²) in [6, 6.07) is 15.6. The molecule has 0 amide bonds. The Morgan fingerprint density at radius 1 is 0.711 bits per heavy atom. The van der Waals surface area contributed by atoms with Gasteiger partial charge in [0.1, 0.15) is 6.11 Å². The highest BCUT2D eigenvalue weighted by molar-refractivity contribution is 5.75. The van der Waals surface area contributed by atoms with Crippen molar-refractivity contribution in [1.29, 1.82) is 0 Å². The molecule has 0 saturated carbocycles. The number of benzene rings is 3. The van der Waals surface area contributed by atoms with Crippen LogP contribution in [-0.4, -0.2) is 31.0 Å². The summed E-state index contributed by atoms with van der Waals surface area (Å²) in [6.07, 6.45) is 11.3. The van der Waals surface area contributed by atoms with Crippen molar-refractivity contribution in [1.82, 2.24) is 0 Å². The molecule has 2 N–H and O–H groups in total. The minimum atomic E-state index is -0.220. The molecule has 6 nitrogen and oxygen atoms in total. The molecule has 0 atom stereocenters. The maximum absolute atomic E-state index is 9.76. The molecule has 0 bridgehead atoms. The number of rotatable bonds is 12. The summed E-state index contributed by atoms with van der Waals surface area (Å²) in [4.78, 5) is 0. The number of aliphatic hydroxyl groups is 2. The molecule has 0 aromatic heterocycles. The quantitative estimate of drug-likeness (QED) is 0.222. The maximum Gasteiger partial charge on any atom is 0.203 e. The first-order valence-electron chi connectivity index (χ1n) is 12.4. The number of hydrogen-bond donors (Lipinski definition) is 2. The van der Waals surface area contributed by atoms with Crippen LogP contribution in [0, 0.1) is 12.0 Å². The summed E-state index contributed by atoms with van der Waals surface area (Å²) in [6.45, 7) is 3.85. The molecule has 198 valence electrons. The molecule has 0 aliphatic heterocycles. The zero-order chi connectivity index (χ0) is 27.3. The summed E-state index contributed by atoms with van der Waals surface area (Å²) >= 11 is 0. The molecule has 0 fully saturated rings. The third-order valence-corrected chi connectivity index (χ3v) is 5.67. The van der Waals surface area contributed by atoms with Gasteiger partial charge in [0, 0.05) is 18.1 Å². The van der Waals surface area contributed by atoms with E-state index < -0.39 is 0 Å². The molecule has 0 heterocycles. The lowest BCUT2D eigenvalue weighted by Gasteiger charge is -2.15.